The van der Waals surface area contributed by atoms with E-state index in [9.17, 15) is 9.18 Å². The molecule has 1 aromatic heterocycles. The third-order valence-electron chi connectivity index (χ3n) is 4.71. The Morgan fingerprint density at radius 3 is 2.41 bits per heavy atom. The molecular formula is C23H25FN2O. The first-order chi connectivity index (χ1) is 13.1. The van der Waals surface area contributed by atoms with Crippen LogP contribution < -0.4 is 5.32 Å². The van der Waals surface area contributed by atoms with Gasteiger partial charge in [-0.25, -0.2) is 4.39 Å². The van der Waals surface area contributed by atoms with Crippen LogP contribution in [0.2, 0.25) is 0 Å². The van der Waals surface area contributed by atoms with Crippen molar-refractivity contribution in [3.05, 3.63) is 77.7 Å². The first kappa shape index (κ1) is 18.9. The molecule has 0 saturated carbocycles. The molecule has 1 amide bonds. The standard InChI is InChI=1S/C23H25FN2O/c1-3-4-8-15-25-23(27)21-16-22(18-9-6-5-7-10-18)26(17(21)2)20-13-11-19(24)12-14-20/h5-7,9-14,16H,3-4,8,15H2,1-2H3,(H,25,27). The minimum Gasteiger partial charge on any atom is -0.352 e. The van der Waals surface area contributed by atoms with Gasteiger partial charge in [0.25, 0.3) is 5.91 Å². The topological polar surface area (TPSA) is 34.0 Å². The highest BCUT2D eigenvalue weighted by Crippen LogP contribution is 2.29. The maximum atomic E-state index is 13.4. The van der Waals surface area contributed by atoms with Crippen molar-refractivity contribution in [1.29, 1.82) is 0 Å². The number of halogens is 1. The smallest absolute Gasteiger partial charge is 0.253 e. The van der Waals surface area contributed by atoms with Gasteiger partial charge in [-0.1, -0.05) is 50.1 Å². The highest BCUT2D eigenvalue weighted by atomic mass is 19.1. The lowest BCUT2D eigenvalue weighted by atomic mass is 10.1. The van der Waals surface area contributed by atoms with Gasteiger partial charge in [-0.05, 0) is 49.2 Å². The normalized spacial score (nSPS) is 10.8. The Morgan fingerprint density at radius 2 is 1.74 bits per heavy atom. The molecule has 0 saturated heterocycles. The van der Waals surface area contributed by atoms with E-state index in [0.29, 0.717) is 12.1 Å². The number of unbranched alkanes of at least 4 members (excludes halogenated alkanes) is 2. The van der Waals surface area contributed by atoms with Crippen molar-refractivity contribution < 1.29 is 9.18 Å². The second-order valence-electron chi connectivity index (χ2n) is 6.67. The summed E-state index contributed by atoms with van der Waals surface area (Å²) in [5, 5.41) is 3.01. The number of aromatic nitrogens is 1. The summed E-state index contributed by atoms with van der Waals surface area (Å²) in [5.41, 5.74) is 4.24. The van der Waals surface area contributed by atoms with Gasteiger partial charge in [-0.2, -0.15) is 0 Å². The maximum absolute atomic E-state index is 13.4. The van der Waals surface area contributed by atoms with Crippen LogP contribution in [0.4, 0.5) is 4.39 Å². The number of amides is 1. The van der Waals surface area contributed by atoms with Gasteiger partial charge >= 0.3 is 0 Å². The zero-order chi connectivity index (χ0) is 19.2. The van der Waals surface area contributed by atoms with Crippen molar-refractivity contribution in [2.45, 2.75) is 33.1 Å². The van der Waals surface area contributed by atoms with Gasteiger partial charge in [0.15, 0.2) is 0 Å². The molecule has 0 bridgehead atoms. The predicted octanol–water partition coefficient (Wildman–Crippen LogP) is 5.51. The fourth-order valence-corrected chi connectivity index (χ4v) is 3.25. The average molecular weight is 364 g/mol. The number of carbonyl (C=O) groups is 1. The number of hydrogen-bond donors (Lipinski definition) is 1. The quantitative estimate of drug-likeness (QED) is 0.551. The van der Waals surface area contributed by atoms with E-state index in [2.05, 4.69) is 12.2 Å². The number of nitrogens with zero attached hydrogens (tertiary/aromatic N) is 1. The molecule has 4 heteroatoms. The van der Waals surface area contributed by atoms with E-state index < -0.39 is 0 Å². The van der Waals surface area contributed by atoms with Gasteiger partial charge in [-0.3, -0.25) is 4.79 Å². The summed E-state index contributed by atoms with van der Waals surface area (Å²) in [6, 6.07) is 18.2. The molecule has 2 aromatic carbocycles. The molecular weight excluding hydrogens is 339 g/mol. The lowest BCUT2D eigenvalue weighted by Gasteiger charge is -2.12. The maximum Gasteiger partial charge on any atom is 0.253 e. The molecule has 0 unspecified atom stereocenters. The van der Waals surface area contributed by atoms with Crippen molar-refractivity contribution in [1.82, 2.24) is 9.88 Å². The summed E-state index contributed by atoms with van der Waals surface area (Å²) in [6.07, 6.45) is 3.20. The Balaban J connectivity index is 2.01. The molecule has 3 nitrogen and oxygen atoms in total. The van der Waals surface area contributed by atoms with Crippen LogP contribution >= 0.6 is 0 Å². The van der Waals surface area contributed by atoms with Crippen LogP contribution in [-0.4, -0.2) is 17.0 Å². The predicted molar refractivity (Wildman–Crippen MR) is 108 cm³/mol. The molecule has 3 rings (SSSR count). The van der Waals surface area contributed by atoms with E-state index in [1.54, 1.807) is 12.1 Å². The summed E-state index contributed by atoms with van der Waals surface area (Å²) in [4.78, 5) is 12.7. The van der Waals surface area contributed by atoms with Gasteiger partial charge in [0.2, 0.25) is 0 Å². The van der Waals surface area contributed by atoms with E-state index in [0.717, 1.165) is 41.9 Å². The molecule has 1 N–H and O–H groups in total. The van der Waals surface area contributed by atoms with Crippen LogP contribution in [-0.2, 0) is 0 Å². The van der Waals surface area contributed by atoms with Crippen molar-refractivity contribution in [3.8, 4) is 16.9 Å². The monoisotopic (exact) mass is 364 g/mol. The molecule has 0 aliphatic carbocycles. The third-order valence-corrected chi connectivity index (χ3v) is 4.71. The van der Waals surface area contributed by atoms with Crippen LogP contribution in [0.25, 0.3) is 16.9 Å². The van der Waals surface area contributed by atoms with Gasteiger partial charge in [0.1, 0.15) is 5.82 Å². The van der Waals surface area contributed by atoms with E-state index in [-0.39, 0.29) is 11.7 Å². The van der Waals surface area contributed by atoms with Crippen molar-refractivity contribution in [2.24, 2.45) is 0 Å². The number of nitrogens with one attached hydrogen (secondary N) is 1. The van der Waals surface area contributed by atoms with Crippen molar-refractivity contribution in [3.63, 3.8) is 0 Å². The molecule has 0 radical (unpaired) electrons. The van der Waals surface area contributed by atoms with E-state index in [1.807, 2.05) is 47.9 Å². The molecule has 0 aliphatic rings. The lowest BCUT2D eigenvalue weighted by molar-refractivity contribution is 0.0952. The summed E-state index contributed by atoms with van der Waals surface area (Å²) in [5.74, 6) is -0.347. The number of rotatable bonds is 7. The number of carbonyl (C=O) groups excluding carboxylic acids is 1. The highest BCUT2D eigenvalue weighted by Gasteiger charge is 2.19. The van der Waals surface area contributed by atoms with Crippen LogP contribution in [0.5, 0.6) is 0 Å². The second kappa shape index (κ2) is 8.67. The Hall–Kier alpha value is -2.88. The SMILES string of the molecule is CCCCCNC(=O)c1cc(-c2ccccc2)n(-c2ccc(F)cc2)c1C. The molecule has 0 spiro atoms. The number of hydrogen-bond acceptors (Lipinski definition) is 1. The molecule has 3 aromatic rings. The first-order valence-electron chi connectivity index (χ1n) is 9.43. The van der Waals surface area contributed by atoms with E-state index in [4.69, 9.17) is 0 Å². The number of benzene rings is 2. The van der Waals surface area contributed by atoms with Gasteiger partial charge < -0.3 is 9.88 Å². The highest BCUT2D eigenvalue weighted by molar-refractivity contribution is 5.97. The molecule has 1 heterocycles. The van der Waals surface area contributed by atoms with Crippen LogP contribution in [0.3, 0.4) is 0 Å². The van der Waals surface area contributed by atoms with Crippen LogP contribution in [0.1, 0.15) is 42.2 Å². The second-order valence-corrected chi connectivity index (χ2v) is 6.67. The van der Waals surface area contributed by atoms with Gasteiger partial charge in [0.05, 0.1) is 11.3 Å². The Bertz CT molecular complexity index is 898. The molecule has 0 atom stereocenters. The van der Waals surface area contributed by atoms with Gasteiger partial charge in [0, 0.05) is 17.9 Å². The Kier molecular flexibility index (Phi) is 6.07. The summed E-state index contributed by atoms with van der Waals surface area (Å²) < 4.78 is 15.4. The Labute approximate surface area is 159 Å². The lowest BCUT2D eigenvalue weighted by Crippen LogP contribution is -2.24. The van der Waals surface area contributed by atoms with E-state index >= 15 is 0 Å². The Morgan fingerprint density at radius 1 is 1.04 bits per heavy atom. The van der Waals surface area contributed by atoms with Crippen LogP contribution in [0.15, 0.2) is 60.7 Å². The summed E-state index contributed by atoms with van der Waals surface area (Å²) in [6.45, 7) is 4.74. The average Bonchev–Trinajstić information content (AvgIpc) is 3.04. The molecule has 0 aliphatic heterocycles. The summed E-state index contributed by atoms with van der Waals surface area (Å²) >= 11 is 0. The van der Waals surface area contributed by atoms with Crippen molar-refractivity contribution >= 4 is 5.91 Å². The summed E-state index contributed by atoms with van der Waals surface area (Å²) in [7, 11) is 0. The fraction of sp³-hybridized carbons (Fsp3) is 0.261. The minimum atomic E-state index is -0.279. The third kappa shape index (κ3) is 4.27. The minimum absolute atomic E-state index is 0.0679. The zero-order valence-electron chi connectivity index (χ0n) is 15.8. The zero-order valence-corrected chi connectivity index (χ0v) is 15.8. The first-order valence-corrected chi connectivity index (χ1v) is 9.43. The molecule has 0 fully saturated rings. The molecule has 140 valence electrons. The van der Waals surface area contributed by atoms with Gasteiger partial charge in [-0.15, -0.1) is 0 Å². The largest absolute Gasteiger partial charge is 0.352 e. The van der Waals surface area contributed by atoms with Crippen molar-refractivity contribution in [2.75, 3.05) is 6.54 Å². The molecule has 27 heavy (non-hydrogen) atoms. The van der Waals surface area contributed by atoms with Crippen LogP contribution in [0, 0.1) is 12.7 Å². The van der Waals surface area contributed by atoms with E-state index in [1.165, 1.54) is 12.1 Å². The fourth-order valence-electron chi connectivity index (χ4n) is 3.25.